The maximum atomic E-state index is 12.2. The van der Waals surface area contributed by atoms with E-state index in [0.717, 1.165) is 0 Å². The molecule has 0 saturated heterocycles. The molecule has 1 heterocycles. The van der Waals surface area contributed by atoms with Crippen LogP contribution in [-0.4, -0.2) is 36.0 Å². The Hall–Kier alpha value is -2.63. The van der Waals surface area contributed by atoms with E-state index in [9.17, 15) is 14.4 Å². The van der Waals surface area contributed by atoms with Gasteiger partial charge in [-0.2, -0.15) is 0 Å². The third-order valence-electron chi connectivity index (χ3n) is 2.98. The molecule has 0 saturated carbocycles. The van der Waals surface area contributed by atoms with Crippen LogP contribution in [0.3, 0.4) is 0 Å². The Bertz CT molecular complexity index is 773. The van der Waals surface area contributed by atoms with Gasteiger partial charge in [-0.25, -0.2) is 4.79 Å². The highest BCUT2D eigenvalue weighted by atomic mass is 16.4. The molecule has 0 fully saturated rings. The van der Waals surface area contributed by atoms with Crippen LogP contribution in [0.1, 0.15) is 26.5 Å². The van der Waals surface area contributed by atoms with Gasteiger partial charge in [-0.15, -0.1) is 0 Å². The van der Waals surface area contributed by atoms with E-state index in [1.807, 2.05) is 0 Å². The van der Waals surface area contributed by atoms with Crippen molar-refractivity contribution in [3.05, 3.63) is 45.3 Å². The number of carbonyl (C=O) groups is 2. The molecule has 6 nitrogen and oxygen atoms in total. The van der Waals surface area contributed by atoms with Crippen molar-refractivity contribution >= 4 is 22.8 Å². The lowest BCUT2D eigenvalue weighted by atomic mass is 10.1. The topological polar surface area (TPSA) is 87.8 Å². The van der Waals surface area contributed by atoms with Crippen LogP contribution < -0.4 is 5.43 Å². The monoisotopic (exact) mass is 275 g/mol. The average Bonchev–Trinajstić information content (AvgIpc) is 2.41. The number of hydrogen-bond donors (Lipinski definition) is 1. The van der Waals surface area contributed by atoms with Crippen LogP contribution in [0.4, 0.5) is 0 Å². The first-order valence-electron chi connectivity index (χ1n) is 5.86. The molecular weight excluding hydrogens is 262 g/mol. The van der Waals surface area contributed by atoms with E-state index in [0.29, 0.717) is 0 Å². The first-order chi connectivity index (χ1) is 9.34. The average molecular weight is 275 g/mol. The Labute approximate surface area is 114 Å². The molecule has 1 aromatic carbocycles. The van der Waals surface area contributed by atoms with E-state index >= 15 is 0 Å². The zero-order chi connectivity index (χ0) is 15.0. The number of nitrogens with zero attached hydrogens (tertiary/aromatic N) is 1. The molecule has 0 radical (unpaired) electrons. The number of para-hydroxylation sites is 1. The summed E-state index contributed by atoms with van der Waals surface area (Å²) < 4.78 is 5.42. The molecule has 0 aliphatic heterocycles. The Balaban J connectivity index is 2.91. The van der Waals surface area contributed by atoms with Gasteiger partial charge in [0.05, 0.1) is 5.39 Å². The van der Waals surface area contributed by atoms with Crippen LogP contribution in [0.15, 0.2) is 27.4 Å². The summed E-state index contributed by atoms with van der Waals surface area (Å²) >= 11 is 0. The summed E-state index contributed by atoms with van der Waals surface area (Å²) in [4.78, 5) is 36.6. The summed E-state index contributed by atoms with van der Waals surface area (Å²) in [5.74, 6) is -1.84. The summed E-state index contributed by atoms with van der Waals surface area (Å²) in [5, 5.41) is 9.27. The zero-order valence-electron chi connectivity index (χ0n) is 11.3. The van der Waals surface area contributed by atoms with Gasteiger partial charge >= 0.3 is 5.97 Å². The number of carboxylic acids is 1. The molecule has 0 aliphatic rings. The molecule has 6 heteroatoms. The summed E-state index contributed by atoms with van der Waals surface area (Å²) in [6.45, 7) is 1.48. The molecule has 2 rings (SSSR count). The highest BCUT2D eigenvalue weighted by Gasteiger charge is 2.21. The molecule has 0 aliphatic carbocycles. The lowest BCUT2D eigenvalue weighted by Gasteiger charge is -2.12. The van der Waals surface area contributed by atoms with Crippen molar-refractivity contribution in [2.24, 2.45) is 0 Å². The van der Waals surface area contributed by atoms with Crippen molar-refractivity contribution in [3.63, 3.8) is 0 Å². The van der Waals surface area contributed by atoms with Gasteiger partial charge in [-0.05, 0) is 19.1 Å². The summed E-state index contributed by atoms with van der Waals surface area (Å²) in [5.41, 5.74) is -0.466. The second kappa shape index (κ2) is 4.80. The molecule has 104 valence electrons. The van der Waals surface area contributed by atoms with Crippen LogP contribution in [-0.2, 0) is 0 Å². The Morgan fingerprint density at radius 3 is 2.45 bits per heavy atom. The van der Waals surface area contributed by atoms with Crippen LogP contribution >= 0.6 is 0 Å². The minimum absolute atomic E-state index is 0.0826. The third kappa shape index (κ3) is 2.05. The maximum absolute atomic E-state index is 12.2. The minimum atomic E-state index is -1.22. The number of rotatable bonds is 2. The summed E-state index contributed by atoms with van der Waals surface area (Å²) in [6.07, 6.45) is 0. The molecule has 1 amide bonds. The number of benzene rings is 1. The predicted octanol–water partition coefficient (Wildman–Crippen LogP) is 1.50. The van der Waals surface area contributed by atoms with E-state index < -0.39 is 17.3 Å². The van der Waals surface area contributed by atoms with Crippen molar-refractivity contribution in [1.82, 2.24) is 4.90 Å². The summed E-state index contributed by atoms with van der Waals surface area (Å²) in [7, 11) is 3.05. The smallest absolute Gasteiger partial charge is 0.339 e. The van der Waals surface area contributed by atoms with Crippen molar-refractivity contribution in [2.45, 2.75) is 6.92 Å². The second-order valence-corrected chi connectivity index (χ2v) is 4.57. The first kappa shape index (κ1) is 13.8. The lowest BCUT2D eigenvalue weighted by molar-refractivity contribution is 0.0695. The Kier molecular flexibility index (Phi) is 3.31. The van der Waals surface area contributed by atoms with E-state index in [1.54, 1.807) is 0 Å². The highest BCUT2D eigenvalue weighted by molar-refractivity contribution is 6.02. The standard InChI is InChI=1S/C14H13NO5/c1-7-10(16)8-5-4-6-9(14(18)19)12(8)20-11(7)13(17)15(2)3/h4-6H,1-3H3,(H,18,19). The van der Waals surface area contributed by atoms with Gasteiger partial charge in [0.2, 0.25) is 0 Å². The van der Waals surface area contributed by atoms with Gasteiger partial charge in [-0.3, -0.25) is 9.59 Å². The predicted molar refractivity (Wildman–Crippen MR) is 72.2 cm³/mol. The molecule has 1 N–H and O–H groups in total. The molecule has 0 unspecified atom stereocenters. The molecule has 1 aromatic heterocycles. The van der Waals surface area contributed by atoms with Crippen molar-refractivity contribution in [3.8, 4) is 0 Å². The number of carboxylic acid groups (broad SMARTS) is 1. The Morgan fingerprint density at radius 2 is 1.90 bits per heavy atom. The molecule has 20 heavy (non-hydrogen) atoms. The van der Waals surface area contributed by atoms with Gasteiger partial charge in [-0.1, -0.05) is 6.07 Å². The normalized spacial score (nSPS) is 10.6. The van der Waals surface area contributed by atoms with E-state index in [-0.39, 0.29) is 27.9 Å². The van der Waals surface area contributed by atoms with Crippen molar-refractivity contribution < 1.29 is 19.1 Å². The molecule has 0 bridgehead atoms. The fourth-order valence-corrected chi connectivity index (χ4v) is 1.89. The first-order valence-corrected chi connectivity index (χ1v) is 5.86. The van der Waals surface area contributed by atoms with Crippen LogP contribution in [0.2, 0.25) is 0 Å². The quantitative estimate of drug-likeness (QED) is 0.897. The number of aromatic carboxylic acids is 1. The van der Waals surface area contributed by atoms with Gasteiger partial charge < -0.3 is 14.4 Å². The second-order valence-electron chi connectivity index (χ2n) is 4.57. The lowest BCUT2D eigenvalue weighted by Crippen LogP contribution is -2.25. The van der Waals surface area contributed by atoms with Gasteiger partial charge in [0, 0.05) is 19.7 Å². The number of carbonyl (C=O) groups excluding carboxylic acids is 1. The van der Waals surface area contributed by atoms with Gasteiger partial charge in [0.15, 0.2) is 16.8 Å². The van der Waals surface area contributed by atoms with Crippen molar-refractivity contribution in [2.75, 3.05) is 14.1 Å². The molecular formula is C14H13NO5. The third-order valence-corrected chi connectivity index (χ3v) is 2.98. The maximum Gasteiger partial charge on any atom is 0.339 e. The largest absolute Gasteiger partial charge is 0.478 e. The van der Waals surface area contributed by atoms with Gasteiger partial charge in [0.25, 0.3) is 5.91 Å². The Morgan fingerprint density at radius 1 is 1.25 bits per heavy atom. The van der Waals surface area contributed by atoms with E-state index in [2.05, 4.69) is 0 Å². The molecule has 0 spiro atoms. The number of hydrogen-bond acceptors (Lipinski definition) is 4. The van der Waals surface area contributed by atoms with Crippen LogP contribution in [0.25, 0.3) is 11.0 Å². The van der Waals surface area contributed by atoms with Crippen LogP contribution in [0.5, 0.6) is 0 Å². The fourth-order valence-electron chi connectivity index (χ4n) is 1.89. The molecule has 2 aromatic rings. The zero-order valence-corrected chi connectivity index (χ0v) is 11.3. The highest BCUT2D eigenvalue weighted by Crippen LogP contribution is 2.20. The molecule has 0 atom stereocenters. The minimum Gasteiger partial charge on any atom is -0.478 e. The van der Waals surface area contributed by atoms with Crippen molar-refractivity contribution in [1.29, 1.82) is 0 Å². The SMILES string of the molecule is Cc1c(C(=O)N(C)C)oc2c(C(=O)O)cccc2c1=O. The number of fused-ring (bicyclic) bond motifs is 1. The number of amides is 1. The van der Waals surface area contributed by atoms with Gasteiger partial charge in [0.1, 0.15) is 5.56 Å². The van der Waals surface area contributed by atoms with E-state index in [1.165, 1.54) is 44.1 Å². The van der Waals surface area contributed by atoms with E-state index in [4.69, 9.17) is 9.52 Å². The fraction of sp³-hybridized carbons (Fsp3) is 0.214. The van der Waals surface area contributed by atoms with Crippen LogP contribution in [0, 0.1) is 6.92 Å². The summed E-state index contributed by atoms with van der Waals surface area (Å²) in [6, 6.07) is 4.27.